The van der Waals surface area contributed by atoms with Crippen molar-refractivity contribution >= 4 is 28.9 Å². The minimum Gasteiger partial charge on any atom is -0.458 e. The number of halogens is 1. The fraction of sp³-hybridized carbons (Fsp3) is 0.200. The lowest BCUT2D eigenvalue weighted by Crippen LogP contribution is -2.23. The number of benzene rings is 2. The standard InChI is InChI=1S/C20H16ClNO2S/c21-17-9-5-4-8-16(17)18-22-15(13-25-18)12-24-19(23)20(10-11-20)14-6-2-1-3-7-14/h1-9,13H,10-12H2. The Morgan fingerprint density at radius 3 is 2.56 bits per heavy atom. The summed E-state index contributed by atoms with van der Waals surface area (Å²) in [5, 5.41) is 3.41. The summed E-state index contributed by atoms with van der Waals surface area (Å²) in [6, 6.07) is 17.5. The summed E-state index contributed by atoms with van der Waals surface area (Å²) in [5.74, 6) is -0.161. The smallest absolute Gasteiger partial charge is 0.316 e. The van der Waals surface area contributed by atoms with E-state index in [1.54, 1.807) is 0 Å². The van der Waals surface area contributed by atoms with Crippen molar-refractivity contribution in [2.24, 2.45) is 0 Å². The van der Waals surface area contributed by atoms with Gasteiger partial charge in [-0.15, -0.1) is 11.3 Å². The van der Waals surface area contributed by atoms with Crippen molar-refractivity contribution in [2.75, 3.05) is 0 Å². The highest BCUT2D eigenvalue weighted by Crippen LogP contribution is 2.49. The molecule has 0 radical (unpaired) electrons. The number of hydrogen-bond donors (Lipinski definition) is 0. The van der Waals surface area contributed by atoms with E-state index in [9.17, 15) is 4.79 Å². The van der Waals surface area contributed by atoms with Crippen LogP contribution < -0.4 is 0 Å². The average molecular weight is 370 g/mol. The van der Waals surface area contributed by atoms with Gasteiger partial charge in [-0.1, -0.05) is 60.1 Å². The molecular weight excluding hydrogens is 354 g/mol. The van der Waals surface area contributed by atoms with Crippen LogP contribution in [0.4, 0.5) is 0 Å². The van der Waals surface area contributed by atoms with Crippen LogP contribution in [0.3, 0.4) is 0 Å². The minimum atomic E-state index is -0.456. The third-order valence-corrected chi connectivity index (χ3v) is 5.73. The van der Waals surface area contributed by atoms with Crippen LogP contribution in [0.2, 0.25) is 5.02 Å². The van der Waals surface area contributed by atoms with Crippen LogP contribution in [-0.2, 0) is 21.6 Å². The Morgan fingerprint density at radius 2 is 1.84 bits per heavy atom. The van der Waals surface area contributed by atoms with E-state index in [1.165, 1.54) is 11.3 Å². The summed E-state index contributed by atoms with van der Waals surface area (Å²) in [6.07, 6.45) is 1.69. The fourth-order valence-corrected chi connectivity index (χ4v) is 4.03. The lowest BCUT2D eigenvalue weighted by atomic mass is 9.96. The molecule has 3 aromatic rings. The number of carbonyl (C=O) groups excluding carboxylic acids is 1. The van der Waals surface area contributed by atoms with Gasteiger partial charge in [0.05, 0.1) is 16.1 Å². The topological polar surface area (TPSA) is 39.2 Å². The molecule has 2 aromatic carbocycles. The molecule has 3 nitrogen and oxygen atoms in total. The van der Waals surface area contributed by atoms with Crippen LogP contribution in [0.25, 0.3) is 10.6 Å². The van der Waals surface area contributed by atoms with Gasteiger partial charge in [-0.2, -0.15) is 0 Å². The van der Waals surface area contributed by atoms with E-state index >= 15 is 0 Å². The molecule has 0 spiro atoms. The van der Waals surface area contributed by atoms with Crippen molar-refractivity contribution in [1.29, 1.82) is 0 Å². The quantitative estimate of drug-likeness (QED) is 0.577. The maximum atomic E-state index is 12.6. The lowest BCUT2D eigenvalue weighted by molar-refractivity contribution is -0.148. The molecule has 0 N–H and O–H groups in total. The normalized spacial score (nSPS) is 14.9. The van der Waals surface area contributed by atoms with E-state index in [4.69, 9.17) is 16.3 Å². The molecule has 126 valence electrons. The van der Waals surface area contributed by atoms with Gasteiger partial charge in [0.15, 0.2) is 0 Å². The Labute approximate surface area is 155 Å². The molecule has 4 rings (SSSR count). The second kappa shape index (κ2) is 6.62. The number of aromatic nitrogens is 1. The largest absolute Gasteiger partial charge is 0.458 e. The van der Waals surface area contributed by atoms with Gasteiger partial charge in [0.1, 0.15) is 11.6 Å². The molecule has 1 saturated carbocycles. The molecule has 1 heterocycles. The van der Waals surface area contributed by atoms with Gasteiger partial charge in [-0.3, -0.25) is 4.79 Å². The van der Waals surface area contributed by atoms with Crippen LogP contribution in [0.1, 0.15) is 24.1 Å². The average Bonchev–Trinajstić information content (AvgIpc) is 3.33. The third kappa shape index (κ3) is 3.20. The second-order valence-electron chi connectivity index (χ2n) is 6.15. The zero-order valence-corrected chi connectivity index (χ0v) is 15.0. The molecule has 1 fully saturated rings. The fourth-order valence-electron chi connectivity index (χ4n) is 2.90. The van der Waals surface area contributed by atoms with E-state index in [-0.39, 0.29) is 12.6 Å². The van der Waals surface area contributed by atoms with Crippen molar-refractivity contribution in [3.05, 3.63) is 76.3 Å². The highest BCUT2D eigenvalue weighted by atomic mass is 35.5. The van der Waals surface area contributed by atoms with Crippen LogP contribution in [0.15, 0.2) is 60.0 Å². The summed E-state index contributed by atoms with van der Waals surface area (Å²) in [6.45, 7) is 0.189. The van der Waals surface area contributed by atoms with Crippen LogP contribution in [0.5, 0.6) is 0 Å². The maximum absolute atomic E-state index is 12.6. The molecule has 0 bridgehead atoms. The Morgan fingerprint density at radius 1 is 1.12 bits per heavy atom. The predicted molar refractivity (Wildman–Crippen MR) is 99.7 cm³/mol. The summed E-state index contributed by atoms with van der Waals surface area (Å²) >= 11 is 7.71. The first kappa shape index (κ1) is 16.3. The SMILES string of the molecule is O=C(OCc1csc(-c2ccccc2Cl)n1)C1(c2ccccc2)CC1. The number of hydrogen-bond acceptors (Lipinski definition) is 4. The van der Waals surface area contributed by atoms with Gasteiger partial charge in [0.25, 0.3) is 0 Å². The molecule has 0 amide bonds. The predicted octanol–water partition coefficient (Wildman–Crippen LogP) is 5.24. The first-order valence-corrected chi connectivity index (χ1v) is 9.37. The monoisotopic (exact) mass is 369 g/mol. The molecule has 25 heavy (non-hydrogen) atoms. The Bertz CT molecular complexity index is 903. The van der Waals surface area contributed by atoms with E-state index < -0.39 is 5.41 Å². The zero-order valence-electron chi connectivity index (χ0n) is 13.4. The Kier molecular flexibility index (Phi) is 4.32. The molecule has 1 aliphatic rings. The van der Waals surface area contributed by atoms with Crippen molar-refractivity contribution in [3.8, 4) is 10.6 Å². The first-order chi connectivity index (χ1) is 12.2. The number of esters is 1. The molecule has 1 aliphatic carbocycles. The van der Waals surface area contributed by atoms with Crippen LogP contribution in [-0.4, -0.2) is 11.0 Å². The first-order valence-electron chi connectivity index (χ1n) is 8.11. The van der Waals surface area contributed by atoms with Crippen LogP contribution >= 0.6 is 22.9 Å². The molecule has 0 atom stereocenters. The van der Waals surface area contributed by atoms with Gasteiger partial charge in [-0.05, 0) is 24.5 Å². The van der Waals surface area contributed by atoms with E-state index in [2.05, 4.69) is 4.98 Å². The van der Waals surface area contributed by atoms with Crippen LogP contribution in [0, 0.1) is 0 Å². The minimum absolute atomic E-state index is 0.161. The second-order valence-corrected chi connectivity index (χ2v) is 7.41. The van der Waals surface area contributed by atoms with E-state index in [0.717, 1.165) is 34.7 Å². The van der Waals surface area contributed by atoms with Crippen molar-refractivity contribution in [3.63, 3.8) is 0 Å². The maximum Gasteiger partial charge on any atom is 0.316 e. The lowest BCUT2D eigenvalue weighted by Gasteiger charge is -2.14. The summed E-state index contributed by atoms with van der Waals surface area (Å²) < 4.78 is 5.56. The van der Waals surface area contributed by atoms with Crippen molar-refractivity contribution < 1.29 is 9.53 Å². The van der Waals surface area contributed by atoms with E-state index in [0.29, 0.717) is 5.02 Å². The number of rotatable bonds is 5. The Hall–Kier alpha value is -2.17. The molecule has 0 saturated heterocycles. The highest BCUT2D eigenvalue weighted by Gasteiger charge is 2.52. The van der Waals surface area contributed by atoms with Crippen molar-refractivity contribution in [2.45, 2.75) is 24.9 Å². The Balaban J connectivity index is 1.44. The van der Waals surface area contributed by atoms with Gasteiger partial charge in [0.2, 0.25) is 0 Å². The summed E-state index contributed by atoms with van der Waals surface area (Å²) in [7, 11) is 0. The van der Waals surface area contributed by atoms with Gasteiger partial charge >= 0.3 is 5.97 Å². The van der Waals surface area contributed by atoms with Gasteiger partial charge in [0, 0.05) is 10.9 Å². The van der Waals surface area contributed by atoms with Gasteiger partial charge < -0.3 is 4.74 Å². The third-order valence-electron chi connectivity index (χ3n) is 4.47. The molecule has 1 aromatic heterocycles. The summed E-state index contributed by atoms with van der Waals surface area (Å²) in [5.41, 5.74) is 2.23. The molecule has 0 aliphatic heterocycles. The molecular formula is C20H16ClNO2S. The van der Waals surface area contributed by atoms with E-state index in [1.807, 2.05) is 60.0 Å². The van der Waals surface area contributed by atoms with Gasteiger partial charge in [-0.25, -0.2) is 4.98 Å². The zero-order chi connectivity index (χ0) is 17.3. The van der Waals surface area contributed by atoms with Crippen molar-refractivity contribution in [1.82, 2.24) is 4.98 Å². The molecule has 0 unspecified atom stereocenters. The number of thiazole rings is 1. The number of carbonyl (C=O) groups is 1. The highest BCUT2D eigenvalue weighted by molar-refractivity contribution is 7.13. The number of nitrogens with zero attached hydrogens (tertiary/aromatic N) is 1. The molecule has 5 heteroatoms. The number of ether oxygens (including phenoxy) is 1. The summed E-state index contributed by atoms with van der Waals surface area (Å²) in [4.78, 5) is 17.1.